The summed E-state index contributed by atoms with van der Waals surface area (Å²) in [7, 11) is 1.49. The van der Waals surface area contributed by atoms with E-state index in [0.29, 0.717) is 0 Å². The lowest BCUT2D eigenvalue weighted by atomic mass is 9.66. The fourth-order valence-corrected chi connectivity index (χ4v) is 2.49. The van der Waals surface area contributed by atoms with Crippen molar-refractivity contribution in [3.63, 3.8) is 0 Å². The van der Waals surface area contributed by atoms with Gasteiger partial charge in [0.25, 0.3) is 0 Å². The van der Waals surface area contributed by atoms with E-state index >= 15 is 0 Å². The van der Waals surface area contributed by atoms with E-state index in [4.69, 9.17) is 14.0 Å². The molecule has 0 aliphatic carbocycles. The van der Waals surface area contributed by atoms with E-state index < -0.39 is 0 Å². The average Bonchev–Trinajstić information content (AvgIpc) is 2.60. The zero-order chi connectivity index (χ0) is 15.0. The second-order valence-corrected chi connectivity index (χ2v) is 6.41. The van der Waals surface area contributed by atoms with Crippen LogP contribution in [-0.2, 0) is 9.31 Å². The van der Waals surface area contributed by atoms with Crippen molar-refractivity contribution < 1.29 is 14.0 Å². The first-order valence-electron chi connectivity index (χ1n) is 7.30. The number of benzene rings is 1. The van der Waals surface area contributed by atoms with Crippen molar-refractivity contribution in [1.82, 2.24) is 0 Å². The highest BCUT2D eigenvalue weighted by Gasteiger charge is 2.53. The largest absolute Gasteiger partial charge is 0.497 e. The molecule has 0 saturated carbocycles. The van der Waals surface area contributed by atoms with Gasteiger partial charge in [-0.05, 0) is 45.4 Å². The van der Waals surface area contributed by atoms with Crippen LogP contribution in [0.1, 0.15) is 52.4 Å². The summed E-state index contributed by atoms with van der Waals surface area (Å²) in [4.78, 5) is 0. The molecular formula is C16H25BO3. The molecule has 1 aliphatic heterocycles. The minimum absolute atomic E-state index is 0.196. The van der Waals surface area contributed by atoms with Crippen LogP contribution in [0.4, 0.5) is 0 Å². The Bertz CT molecular complexity index is 437. The summed E-state index contributed by atoms with van der Waals surface area (Å²) in [5.41, 5.74) is 0.668. The fraction of sp³-hybridized carbons (Fsp3) is 0.625. The fourth-order valence-electron chi connectivity index (χ4n) is 2.49. The van der Waals surface area contributed by atoms with E-state index in [2.05, 4.69) is 46.8 Å². The highest BCUT2D eigenvalue weighted by atomic mass is 16.7. The zero-order valence-electron chi connectivity index (χ0n) is 13.4. The molecule has 1 aromatic rings. The predicted molar refractivity (Wildman–Crippen MR) is 82.1 cm³/mol. The number of rotatable bonds is 4. The van der Waals surface area contributed by atoms with Crippen LogP contribution in [0.3, 0.4) is 0 Å². The number of hydrogen-bond acceptors (Lipinski definition) is 3. The molecule has 20 heavy (non-hydrogen) atoms. The minimum atomic E-state index is -0.280. The quantitative estimate of drug-likeness (QED) is 0.782. The van der Waals surface area contributed by atoms with E-state index in [1.165, 1.54) is 5.56 Å². The van der Waals surface area contributed by atoms with E-state index in [0.717, 1.165) is 12.2 Å². The molecule has 3 nitrogen and oxygen atoms in total. The Kier molecular flexibility index (Phi) is 4.17. The maximum atomic E-state index is 6.17. The Morgan fingerprint density at radius 3 is 1.95 bits per heavy atom. The molecule has 0 bridgehead atoms. The zero-order valence-corrected chi connectivity index (χ0v) is 13.4. The first kappa shape index (κ1) is 15.4. The van der Waals surface area contributed by atoms with Gasteiger partial charge in [-0.25, -0.2) is 0 Å². The molecule has 2 rings (SSSR count). The first-order valence-corrected chi connectivity index (χ1v) is 7.30. The molecule has 1 unspecified atom stereocenters. The lowest BCUT2D eigenvalue weighted by Crippen LogP contribution is -2.41. The SMILES string of the molecule is CCC(B1OC(C)(C)C(C)(C)O1)c1ccc(OC)cc1. The summed E-state index contributed by atoms with van der Waals surface area (Å²) >= 11 is 0. The highest BCUT2D eigenvalue weighted by molar-refractivity contribution is 6.47. The smallest absolute Gasteiger partial charge is 0.465 e. The van der Waals surface area contributed by atoms with Crippen molar-refractivity contribution in [2.45, 2.75) is 58.1 Å². The molecule has 1 aromatic carbocycles. The van der Waals surface area contributed by atoms with Gasteiger partial charge < -0.3 is 14.0 Å². The monoisotopic (exact) mass is 276 g/mol. The van der Waals surface area contributed by atoms with E-state index in [1.54, 1.807) is 7.11 Å². The van der Waals surface area contributed by atoms with Crippen LogP contribution in [-0.4, -0.2) is 25.4 Å². The van der Waals surface area contributed by atoms with Gasteiger partial charge in [0.2, 0.25) is 0 Å². The summed E-state index contributed by atoms with van der Waals surface area (Å²) in [5.74, 6) is 1.11. The minimum Gasteiger partial charge on any atom is -0.497 e. The van der Waals surface area contributed by atoms with Crippen molar-refractivity contribution in [3.8, 4) is 5.75 Å². The standard InChI is InChI=1S/C16H25BO3/c1-7-14(12-8-10-13(18-6)11-9-12)17-19-15(2,3)16(4,5)20-17/h8-11,14H,7H2,1-6H3. The van der Waals surface area contributed by atoms with E-state index in [1.807, 2.05) is 12.1 Å². The Morgan fingerprint density at radius 1 is 1.05 bits per heavy atom. The van der Waals surface area contributed by atoms with Gasteiger partial charge in [0.1, 0.15) is 5.75 Å². The van der Waals surface area contributed by atoms with Gasteiger partial charge in [-0.15, -0.1) is 0 Å². The topological polar surface area (TPSA) is 27.7 Å². The molecule has 0 N–H and O–H groups in total. The Hall–Kier alpha value is -0.995. The third kappa shape index (κ3) is 2.72. The maximum Gasteiger partial charge on any atom is 0.465 e. The van der Waals surface area contributed by atoms with Crippen LogP contribution < -0.4 is 4.74 Å². The second-order valence-electron chi connectivity index (χ2n) is 6.41. The Morgan fingerprint density at radius 2 is 1.55 bits per heavy atom. The molecule has 1 aliphatic rings. The van der Waals surface area contributed by atoms with Crippen molar-refractivity contribution in [1.29, 1.82) is 0 Å². The van der Waals surface area contributed by atoms with Crippen LogP contribution >= 0.6 is 0 Å². The summed E-state index contributed by atoms with van der Waals surface area (Å²) in [6.45, 7) is 10.5. The second kappa shape index (κ2) is 5.42. The van der Waals surface area contributed by atoms with Gasteiger partial charge >= 0.3 is 7.12 Å². The normalized spacial score (nSPS) is 21.8. The summed E-state index contributed by atoms with van der Waals surface area (Å²) in [6.07, 6.45) is 0.975. The predicted octanol–water partition coefficient (Wildman–Crippen LogP) is 3.82. The summed E-state index contributed by atoms with van der Waals surface area (Å²) in [6, 6.07) is 8.17. The number of ether oxygens (including phenoxy) is 1. The lowest BCUT2D eigenvalue weighted by molar-refractivity contribution is 0.00578. The molecule has 1 heterocycles. The van der Waals surface area contributed by atoms with E-state index in [-0.39, 0.29) is 24.1 Å². The summed E-state index contributed by atoms with van der Waals surface area (Å²) < 4.78 is 17.6. The molecule has 0 amide bonds. The van der Waals surface area contributed by atoms with Crippen LogP contribution in [0.15, 0.2) is 24.3 Å². The molecule has 0 aromatic heterocycles. The van der Waals surface area contributed by atoms with Crippen LogP contribution in [0.5, 0.6) is 5.75 Å². The Balaban J connectivity index is 2.21. The number of hydrogen-bond donors (Lipinski definition) is 0. The van der Waals surface area contributed by atoms with Crippen molar-refractivity contribution in [3.05, 3.63) is 29.8 Å². The van der Waals surface area contributed by atoms with Gasteiger partial charge in [-0.1, -0.05) is 25.5 Å². The van der Waals surface area contributed by atoms with Crippen LogP contribution in [0.2, 0.25) is 0 Å². The van der Waals surface area contributed by atoms with E-state index in [9.17, 15) is 0 Å². The molecule has 0 radical (unpaired) electrons. The van der Waals surface area contributed by atoms with Crippen LogP contribution in [0.25, 0.3) is 0 Å². The lowest BCUT2D eigenvalue weighted by Gasteiger charge is -2.32. The van der Waals surface area contributed by atoms with Gasteiger partial charge in [0.15, 0.2) is 0 Å². The molecule has 0 spiro atoms. The molecule has 1 atom stereocenters. The first-order chi connectivity index (χ1) is 9.30. The van der Waals surface area contributed by atoms with Crippen molar-refractivity contribution in [2.24, 2.45) is 0 Å². The molecule has 4 heteroatoms. The average molecular weight is 276 g/mol. The highest BCUT2D eigenvalue weighted by Crippen LogP contribution is 2.41. The van der Waals surface area contributed by atoms with Gasteiger partial charge in [-0.2, -0.15) is 0 Å². The maximum absolute atomic E-state index is 6.17. The number of methoxy groups -OCH3 is 1. The van der Waals surface area contributed by atoms with Crippen molar-refractivity contribution >= 4 is 7.12 Å². The summed E-state index contributed by atoms with van der Waals surface area (Å²) in [5, 5.41) is 0. The van der Waals surface area contributed by atoms with Gasteiger partial charge in [0, 0.05) is 5.82 Å². The van der Waals surface area contributed by atoms with Gasteiger partial charge in [-0.3, -0.25) is 0 Å². The molecule has 1 fully saturated rings. The third-order valence-corrected chi connectivity index (χ3v) is 4.58. The van der Waals surface area contributed by atoms with Gasteiger partial charge in [0.05, 0.1) is 18.3 Å². The van der Waals surface area contributed by atoms with Crippen LogP contribution in [0, 0.1) is 0 Å². The molecule has 1 saturated heterocycles. The molecule has 110 valence electrons. The van der Waals surface area contributed by atoms with Crippen molar-refractivity contribution in [2.75, 3.05) is 7.11 Å². The third-order valence-electron chi connectivity index (χ3n) is 4.58. The molecular weight excluding hydrogens is 251 g/mol. The Labute approximate surface area is 122 Å².